The number of nitrogens with one attached hydrogen (secondary N) is 1. The van der Waals surface area contributed by atoms with E-state index in [1.165, 1.54) is 43.7 Å². The highest BCUT2D eigenvalue weighted by Crippen LogP contribution is 2.38. The third-order valence-corrected chi connectivity index (χ3v) is 7.34. The molecule has 180 valence electrons. The van der Waals surface area contributed by atoms with Gasteiger partial charge in [0.2, 0.25) is 0 Å². The van der Waals surface area contributed by atoms with Gasteiger partial charge in [0.25, 0.3) is 0 Å². The molecule has 38 heavy (non-hydrogen) atoms. The molecule has 0 aliphatic heterocycles. The van der Waals surface area contributed by atoms with Crippen LogP contribution in [0.1, 0.15) is 5.56 Å². The summed E-state index contributed by atoms with van der Waals surface area (Å²) in [5, 5.41) is 8.44. The molecule has 0 spiro atoms. The summed E-state index contributed by atoms with van der Waals surface area (Å²) in [5.74, 6) is 0. The summed E-state index contributed by atoms with van der Waals surface area (Å²) >= 11 is 0. The van der Waals surface area contributed by atoms with Crippen LogP contribution in [-0.2, 0) is 0 Å². The molecule has 7 aromatic rings. The first-order valence-electron chi connectivity index (χ1n) is 12.9. The summed E-state index contributed by atoms with van der Waals surface area (Å²) in [4.78, 5) is 0. The molecule has 2 heteroatoms. The number of benzene rings is 6. The van der Waals surface area contributed by atoms with Crippen molar-refractivity contribution in [3.8, 4) is 16.8 Å². The van der Waals surface area contributed by atoms with Crippen molar-refractivity contribution < 1.29 is 0 Å². The van der Waals surface area contributed by atoms with Gasteiger partial charge in [0.15, 0.2) is 0 Å². The zero-order chi connectivity index (χ0) is 25.5. The molecule has 7 rings (SSSR count). The van der Waals surface area contributed by atoms with Crippen molar-refractivity contribution in [2.24, 2.45) is 0 Å². The normalized spacial score (nSPS) is 11.3. The van der Waals surface area contributed by atoms with Gasteiger partial charge in [-0.05, 0) is 70.4 Å². The molecule has 1 heterocycles. The minimum atomic E-state index is 1.05. The van der Waals surface area contributed by atoms with E-state index in [-0.39, 0.29) is 0 Å². The minimum absolute atomic E-state index is 1.05. The smallest absolute Gasteiger partial charge is 0.0547 e. The van der Waals surface area contributed by atoms with E-state index in [0.29, 0.717) is 0 Å². The first kappa shape index (κ1) is 22.1. The topological polar surface area (TPSA) is 17.0 Å². The molecule has 0 saturated heterocycles. The predicted octanol–water partition coefficient (Wildman–Crippen LogP) is 9.99. The van der Waals surface area contributed by atoms with Crippen LogP contribution in [0.15, 0.2) is 140 Å². The molecule has 0 bridgehead atoms. The number of anilines is 2. The molecular weight excluding hydrogens is 460 g/mol. The first-order chi connectivity index (χ1) is 18.8. The number of fused-ring (bicyclic) bond motifs is 4. The van der Waals surface area contributed by atoms with Gasteiger partial charge in [-0.1, -0.05) is 97.6 Å². The van der Waals surface area contributed by atoms with E-state index in [9.17, 15) is 0 Å². The highest BCUT2D eigenvalue weighted by molar-refractivity contribution is 6.15. The second-order valence-corrected chi connectivity index (χ2v) is 9.58. The first-order valence-corrected chi connectivity index (χ1v) is 12.9. The van der Waals surface area contributed by atoms with Crippen molar-refractivity contribution >= 4 is 50.0 Å². The maximum absolute atomic E-state index is 4.17. The van der Waals surface area contributed by atoms with E-state index in [1.807, 2.05) is 24.3 Å². The lowest BCUT2D eigenvalue weighted by Crippen LogP contribution is -1.95. The number of hydrogen-bond donors (Lipinski definition) is 1. The quantitative estimate of drug-likeness (QED) is 0.256. The summed E-state index contributed by atoms with van der Waals surface area (Å²) < 4.78 is 2.38. The van der Waals surface area contributed by atoms with Crippen molar-refractivity contribution in [3.05, 3.63) is 146 Å². The van der Waals surface area contributed by atoms with Crippen molar-refractivity contribution in [2.75, 3.05) is 5.32 Å². The summed E-state index contributed by atoms with van der Waals surface area (Å²) in [6.07, 6.45) is 1.96. The van der Waals surface area contributed by atoms with Crippen LogP contribution >= 0.6 is 0 Å². The molecule has 2 nitrogen and oxygen atoms in total. The molecule has 0 radical (unpaired) electrons. The lowest BCUT2D eigenvalue weighted by Gasteiger charge is -2.14. The Morgan fingerprint density at radius 1 is 0.553 bits per heavy atom. The van der Waals surface area contributed by atoms with Gasteiger partial charge in [-0.15, -0.1) is 0 Å². The molecule has 0 saturated carbocycles. The van der Waals surface area contributed by atoms with Gasteiger partial charge < -0.3 is 9.88 Å². The molecule has 0 aliphatic rings. The number of rotatable bonds is 5. The standard InChI is InChI=1S/C36H26N2/c1-2-30-32-24-33-31-15-9-10-16-35(31)38(29-20-17-26(18-21-29)25-11-5-3-6-12-25)36(33)23-27(32)19-22-34(30)37-28-13-7-4-8-14-28/h2-24,37H,1H2. The van der Waals surface area contributed by atoms with Crippen LogP contribution in [0, 0.1) is 0 Å². The third kappa shape index (κ3) is 3.66. The second-order valence-electron chi connectivity index (χ2n) is 9.58. The molecule has 1 N–H and O–H groups in total. The molecule has 0 amide bonds. The molecule has 0 atom stereocenters. The fraction of sp³-hybridized carbons (Fsp3) is 0. The van der Waals surface area contributed by atoms with Crippen LogP contribution < -0.4 is 5.32 Å². The number of para-hydroxylation sites is 2. The lowest BCUT2D eigenvalue weighted by molar-refractivity contribution is 1.18. The Balaban J connectivity index is 1.43. The van der Waals surface area contributed by atoms with E-state index < -0.39 is 0 Å². The third-order valence-electron chi connectivity index (χ3n) is 7.34. The zero-order valence-electron chi connectivity index (χ0n) is 20.9. The van der Waals surface area contributed by atoms with Gasteiger partial charge in [0.1, 0.15) is 0 Å². The average molecular weight is 487 g/mol. The monoisotopic (exact) mass is 486 g/mol. The van der Waals surface area contributed by atoms with E-state index in [4.69, 9.17) is 0 Å². The van der Waals surface area contributed by atoms with Crippen molar-refractivity contribution in [1.82, 2.24) is 4.57 Å². The number of nitrogens with zero attached hydrogens (tertiary/aromatic N) is 1. The van der Waals surface area contributed by atoms with Gasteiger partial charge >= 0.3 is 0 Å². The van der Waals surface area contributed by atoms with Crippen LogP contribution in [0.25, 0.3) is 55.5 Å². The Labute approximate surface area is 222 Å². The van der Waals surface area contributed by atoms with E-state index in [2.05, 4.69) is 132 Å². The van der Waals surface area contributed by atoms with Gasteiger partial charge in [0.05, 0.1) is 11.0 Å². The average Bonchev–Trinajstić information content (AvgIpc) is 3.30. The van der Waals surface area contributed by atoms with Crippen LogP contribution in [0.2, 0.25) is 0 Å². The highest BCUT2D eigenvalue weighted by Gasteiger charge is 2.15. The predicted molar refractivity (Wildman–Crippen MR) is 164 cm³/mol. The minimum Gasteiger partial charge on any atom is -0.355 e. The lowest BCUT2D eigenvalue weighted by atomic mass is 9.99. The van der Waals surface area contributed by atoms with Crippen LogP contribution in [0.5, 0.6) is 0 Å². The fourth-order valence-corrected chi connectivity index (χ4v) is 5.53. The van der Waals surface area contributed by atoms with Gasteiger partial charge in [-0.3, -0.25) is 0 Å². The van der Waals surface area contributed by atoms with Crippen LogP contribution in [0.3, 0.4) is 0 Å². The van der Waals surface area contributed by atoms with Crippen molar-refractivity contribution in [3.63, 3.8) is 0 Å². The molecule has 6 aromatic carbocycles. The fourth-order valence-electron chi connectivity index (χ4n) is 5.53. The Hall–Kier alpha value is -5.08. The SMILES string of the molecule is C=Cc1c(Nc2ccccc2)ccc2cc3c(cc12)c1ccccc1n3-c1ccc(-c2ccccc2)cc1. The maximum Gasteiger partial charge on any atom is 0.0547 e. The summed E-state index contributed by atoms with van der Waals surface area (Å²) in [6, 6.07) is 47.3. The Morgan fingerprint density at radius 3 is 2.00 bits per heavy atom. The largest absolute Gasteiger partial charge is 0.355 e. The van der Waals surface area contributed by atoms with Crippen molar-refractivity contribution in [2.45, 2.75) is 0 Å². The summed E-state index contributed by atoms with van der Waals surface area (Å²) in [5.41, 5.74) is 9.22. The van der Waals surface area contributed by atoms with Crippen molar-refractivity contribution in [1.29, 1.82) is 0 Å². The summed E-state index contributed by atoms with van der Waals surface area (Å²) in [7, 11) is 0. The van der Waals surface area contributed by atoms with E-state index in [1.54, 1.807) is 0 Å². The molecule has 0 unspecified atom stereocenters. The van der Waals surface area contributed by atoms with Gasteiger partial charge in [0, 0.05) is 33.4 Å². The second kappa shape index (κ2) is 9.10. The Kier molecular flexibility index (Phi) is 5.30. The Bertz CT molecular complexity index is 1930. The maximum atomic E-state index is 4.17. The molecular formula is C36H26N2. The van der Waals surface area contributed by atoms with Crippen LogP contribution in [0.4, 0.5) is 11.4 Å². The number of aromatic nitrogens is 1. The van der Waals surface area contributed by atoms with Gasteiger partial charge in [-0.25, -0.2) is 0 Å². The number of hydrogen-bond acceptors (Lipinski definition) is 1. The highest BCUT2D eigenvalue weighted by atomic mass is 15.0. The molecule has 0 fully saturated rings. The Morgan fingerprint density at radius 2 is 1.24 bits per heavy atom. The van der Waals surface area contributed by atoms with Crippen LogP contribution in [-0.4, -0.2) is 4.57 Å². The zero-order valence-corrected chi connectivity index (χ0v) is 20.9. The van der Waals surface area contributed by atoms with Gasteiger partial charge in [-0.2, -0.15) is 0 Å². The molecule has 1 aromatic heterocycles. The molecule has 0 aliphatic carbocycles. The summed E-state index contributed by atoms with van der Waals surface area (Å²) in [6.45, 7) is 4.17. The van der Waals surface area contributed by atoms with E-state index in [0.717, 1.165) is 22.6 Å². The van der Waals surface area contributed by atoms with E-state index >= 15 is 0 Å².